The zero-order valence-corrected chi connectivity index (χ0v) is 15.8. The normalized spacial score (nSPS) is 20.6. The Bertz CT molecular complexity index is 1070. The molecule has 3 heterocycles. The molecule has 1 saturated heterocycles. The summed E-state index contributed by atoms with van der Waals surface area (Å²) in [5.74, 6) is -0.907. The lowest BCUT2D eigenvalue weighted by atomic mass is 9.80. The number of fused-ring (bicyclic) bond motifs is 2. The van der Waals surface area contributed by atoms with Crippen LogP contribution in [0.4, 0.5) is 0 Å². The first kappa shape index (κ1) is 17.7. The van der Waals surface area contributed by atoms with Crippen molar-refractivity contribution >= 4 is 5.91 Å². The average Bonchev–Trinajstić information content (AvgIpc) is 3.25. The SMILES string of the molecule is O=C1c2c(O)c(=O)cnn2[C@H](C(c2ccccc2)c2ccccc2)[C@H]2CCCN12. The van der Waals surface area contributed by atoms with E-state index in [1.807, 2.05) is 36.4 Å². The minimum Gasteiger partial charge on any atom is -0.502 e. The highest BCUT2D eigenvalue weighted by molar-refractivity contribution is 5.96. The van der Waals surface area contributed by atoms with E-state index in [0.717, 1.165) is 30.2 Å². The third-order valence-corrected chi connectivity index (χ3v) is 6.08. The third kappa shape index (κ3) is 2.75. The Kier molecular flexibility index (Phi) is 4.19. The van der Waals surface area contributed by atoms with Gasteiger partial charge in [0, 0.05) is 12.5 Å². The van der Waals surface area contributed by atoms with Gasteiger partial charge in [-0.05, 0) is 24.0 Å². The highest BCUT2D eigenvalue weighted by Gasteiger charge is 2.47. The zero-order valence-electron chi connectivity index (χ0n) is 15.8. The number of hydrogen-bond acceptors (Lipinski definition) is 4. The van der Waals surface area contributed by atoms with Gasteiger partial charge in [0.1, 0.15) is 0 Å². The average molecular weight is 387 g/mol. The van der Waals surface area contributed by atoms with Crippen LogP contribution in [0.3, 0.4) is 0 Å². The van der Waals surface area contributed by atoms with Gasteiger partial charge in [-0.2, -0.15) is 5.10 Å². The maximum atomic E-state index is 13.1. The molecule has 29 heavy (non-hydrogen) atoms. The minimum absolute atomic E-state index is 0.00230. The summed E-state index contributed by atoms with van der Waals surface area (Å²) in [5, 5.41) is 14.8. The van der Waals surface area contributed by atoms with Gasteiger partial charge in [0.05, 0.1) is 18.3 Å². The van der Waals surface area contributed by atoms with Crippen molar-refractivity contribution in [2.24, 2.45) is 0 Å². The van der Waals surface area contributed by atoms with Gasteiger partial charge in [-0.3, -0.25) is 14.3 Å². The molecule has 2 aromatic carbocycles. The lowest BCUT2D eigenvalue weighted by Crippen LogP contribution is -2.50. The molecule has 6 heteroatoms. The number of aromatic hydroxyl groups is 1. The summed E-state index contributed by atoms with van der Waals surface area (Å²) in [7, 11) is 0. The Morgan fingerprint density at radius 3 is 2.21 bits per heavy atom. The van der Waals surface area contributed by atoms with Crippen LogP contribution >= 0.6 is 0 Å². The van der Waals surface area contributed by atoms with Crippen LogP contribution in [0.2, 0.25) is 0 Å². The Morgan fingerprint density at radius 2 is 1.59 bits per heavy atom. The summed E-state index contributed by atoms with van der Waals surface area (Å²) in [6.07, 6.45) is 2.86. The lowest BCUT2D eigenvalue weighted by molar-refractivity contribution is 0.0565. The van der Waals surface area contributed by atoms with Gasteiger partial charge >= 0.3 is 0 Å². The van der Waals surface area contributed by atoms with E-state index in [1.165, 1.54) is 0 Å². The molecule has 0 saturated carbocycles. The molecule has 0 bridgehead atoms. The molecule has 2 aliphatic heterocycles. The van der Waals surface area contributed by atoms with Gasteiger partial charge in [0.25, 0.3) is 5.91 Å². The first-order valence-corrected chi connectivity index (χ1v) is 9.88. The van der Waals surface area contributed by atoms with Crippen molar-refractivity contribution in [2.45, 2.75) is 30.8 Å². The zero-order chi connectivity index (χ0) is 20.0. The van der Waals surface area contributed by atoms with Crippen molar-refractivity contribution < 1.29 is 9.90 Å². The van der Waals surface area contributed by atoms with E-state index in [-0.39, 0.29) is 29.6 Å². The summed E-state index contributed by atoms with van der Waals surface area (Å²) in [5.41, 5.74) is 1.58. The summed E-state index contributed by atoms with van der Waals surface area (Å²) in [4.78, 5) is 26.9. The molecule has 3 aromatic rings. The maximum Gasteiger partial charge on any atom is 0.276 e. The number of hydrogen-bond donors (Lipinski definition) is 1. The summed E-state index contributed by atoms with van der Waals surface area (Å²) >= 11 is 0. The van der Waals surface area contributed by atoms with Gasteiger partial charge in [-0.15, -0.1) is 0 Å². The number of nitrogens with zero attached hydrogens (tertiary/aromatic N) is 3. The van der Waals surface area contributed by atoms with Gasteiger partial charge in [0.15, 0.2) is 11.4 Å². The number of carbonyl (C=O) groups is 1. The molecule has 1 fully saturated rings. The Balaban J connectivity index is 1.78. The quantitative estimate of drug-likeness (QED) is 0.750. The smallest absolute Gasteiger partial charge is 0.276 e. The number of carbonyl (C=O) groups excluding carboxylic acids is 1. The summed E-state index contributed by atoms with van der Waals surface area (Å²) in [6.45, 7) is 0.624. The standard InChI is InChI=1S/C23H21N3O3/c27-18-14-24-26-20(17-12-7-13-25(17)23(29)21(26)22(18)28)19(15-8-3-1-4-9-15)16-10-5-2-6-11-16/h1-6,8-11,14,17,19-20,28H,7,12-13H2/t17-,20+/m1/s1. The van der Waals surface area contributed by atoms with Crippen LogP contribution in [0.5, 0.6) is 5.75 Å². The molecule has 0 aliphatic carbocycles. The van der Waals surface area contributed by atoms with Gasteiger partial charge < -0.3 is 10.0 Å². The molecular weight excluding hydrogens is 366 g/mol. The second kappa shape index (κ2) is 6.88. The fraction of sp³-hybridized carbons (Fsp3) is 0.261. The van der Waals surface area contributed by atoms with Crippen molar-refractivity contribution in [1.29, 1.82) is 0 Å². The van der Waals surface area contributed by atoms with E-state index >= 15 is 0 Å². The molecule has 146 valence electrons. The second-order valence-corrected chi connectivity index (χ2v) is 7.65. The molecule has 2 aliphatic rings. The fourth-order valence-electron chi connectivity index (χ4n) is 4.85. The van der Waals surface area contributed by atoms with E-state index < -0.39 is 11.2 Å². The highest BCUT2D eigenvalue weighted by atomic mass is 16.3. The molecular formula is C23H21N3O3. The van der Waals surface area contributed by atoms with Crippen LogP contribution in [-0.4, -0.2) is 38.3 Å². The number of rotatable bonds is 3. The summed E-state index contributed by atoms with van der Waals surface area (Å²) < 4.78 is 1.59. The van der Waals surface area contributed by atoms with Gasteiger partial charge in [0.2, 0.25) is 5.43 Å². The molecule has 0 spiro atoms. The van der Waals surface area contributed by atoms with Gasteiger partial charge in [-0.1, -0.05) is 60.7 Å². The highest BCUT2D eigenvalue weighted by Crippen LogP contribution is 2.45. The van der Waals surface area contributed by atoms with Crippen LogP contribution in [0.1, 0.15) is 46.4 Å². The molecule has 1 amide bonds. The Hall–Kier alpha value is -3.41. The van der Waals surface area contributed by atoms with Crippen LogP contribution in [-0.2, 0) is 0 Å². The monoisotopic (exact) mass is 387 g/mol. The van der Waals surface area contributed by atoms with Crippen LogP contribution in [0, 0.1) is 0 Å². The van der Waals surface area contributed by atoms with Crippen molar-refractivity contribution in [3.63, 3.8) is 0 Å². The molecule has 6 nitrogen and oxygen atoms in total. The maximum absolute atomic E-state index is 13.1. The minimum atomic E-state index is -0.628. The number of amides is 1. The van der Waals surface area contributed by atoms with Crippen LogP contribution in [0.15, 0.2) is 71.7 Å². The van der Waals surface area contributed by atoms with Gasteiger partial charge in [-0.25, -0.2) is 0 Å². The van der Waals surface area contributed by atoms with E-state index in [4.69, 9.17) is 0 Å². The largest absolute Gasteiger partial charge is 0.502 e. The molecule has 0 radical (unpaired) electrons. The molecule has 2 atom stereocenters. The van der Waals surface area contributed by atoms with Crippen LogP contribution in [0.25, 0.3) is 0 Å². The van der Waals surface area contributed by atoms with E-state index in [1.54, 1.807) is 9.58 Å². The fourth-order valence-corrected chi connectivity index (χ4v) is 4.85. The molecule has 1 N–H and O–H groups in total. The van der Waals surface area contributed by atoms with E-state index in [2.05, 4.69) is 29.4 Å². The van der Waals surface area contributed by atoms with Crippen molar-refractivity contribution in [3.05, 3.63) is 93.9 Å². The van der Waals surface area contributed by atoms with E-state index in [9.17, 15) is 14.7 Å². The lowest BCUT2D eigenvalue weighted by Gasteiger charge is -2.42. The molecule has 0 unspecified atom stereocenters. The van der Waals surface area contributed by atoms with Crippen molar-refractivity contribution in [1.82, 2.24) is 14.7 Å². The van der Waals surface area contributed by atoms with E-state index in [0.29, 0.717) is 6.54 Å². The van der Waals surface area contributed by atoms with Crippen LogP contribution < -0.4 is 5.43 Å². The molecule has 5 rings (SSSR count). The third-order valence-electron chi connectivity index (χ3n) is 6.08. The summed E-state index contributed by atoms with van der Waals surface area (Å²) in [6, 6.07) is 20.0. The number of benzene rings is 2. The topological polar surface area (TPSA) is 75.4 Å². The van der Waals surface area contributed by atoms with Crippen molar-refractivity contribution in [3.8, 4) is 5.75 Å². The molecule has 1 aromatic heterocycles. The second-order valence-electron chi connectivity index (χ2n) is 7.65. The number of aromatic nitrogens is 2. The predicted molar refractivity (Wildman–Crippen MR) is 108 cm³/mol. The Labute approximate surface area is 168 Å². The first-order valence-electron chi connectivity index (χ1n) is 9.88. The Morgan fingerprint density at radius 1 is 0.966 bits per heavy atom. The predicted octanol–water partition coefficient (Wildman–Crippen LogP) is 2.94. The first-order chi connectivity index (χ1) is 14.2. The van der Waals surface area contributed by atoms with Crippen molar-refractivity contribution in [2.75, 3.05) is 6.54 Å².